The minimum absolute atomic E-state index is 0.811. The van der Waals surface area contributed by atoms with Gasteiger partial charge in [0, 0.05) is 17.4 Å². The average molecular weight is 345 g/mol. The van der Waals surface area contributed by atoms with Crippen molar-refractivity contribution in [1.29, 1.82) is 0 Å². The highest BCUT2D eigenvalue weighted by atomic mass is 16.5. The number of para-hydroxylation sites is 2. The Morgan fingerprint density at radius 2 is 1.69 bits per heavy atom. The Hall–Kier alpha value is -3.47. The lowest BCUT2D eigenvalue weighted by atomic mass is 10.2. The molecule has 0 bridgehead atoms. The van der Waals surface area contributed by atoms with Gasteiger partial charge in [0.15, 0.2) is 0 Å². The number of hydrogen-bond donors (Lipinski definition) is 1. The molecule has 0 aliphatic rings. The van der Waals surface area contributed by atoms with Gasteiger partial charge in [-0.25, -0.2) is 4.98 Å². The molecule has 0 unspecified atom stereocenters. The van der Waals surface area contributed by atoms with Crippen LogP contribution in [0.25, 0.3) is 16.7 Å². The van der Waals surface area contributed by atoms with E-state index in [4.69, 9.17) is 9.47 Å². The van der Waals surface area contributed by atoms with Crippen molar-refractivity contribution in [3.63, 3.8) is 0 Å². The molecule has 0 atom stereocenters. The van der Waals surface area contributed by atoms with Crippen LogP contribution in [-0.4, -0.2) is 23.8 Å². The first-order valence-corrected chi connectivity index (χ1v) is 8.30. The average Bonchev–Trinajstić information content (AvgIpc) is 3.11. The van der Waals surface area contributed by atoms with Crippen molar-refractivity contribution in [3.05, 3.63) is 73.1 Å². The highest BCUT2D eigenvalue weighted by Gasteiger charge is 2.09. The minimum atomic E-state index is 0.811. The first-order chi connectivity index (χ1) is 12.8. The number of aromatic nitrogens is 2. The first kappa shape index (κ1) is 16.0. The lowest BCUT2D eigenvalue weighted by molar-refractivity contribution is 0.413. The van der Waals surface area contributed by atoms with Gasteiger partial charge in [0.05, 0.1) is 30.9 Å². The molecule has 0 fully saturated rings. The predicted octanol–water partition coefficient (Wildman–Crippen LogP) is 4.79. The van der Waals surface area contributed by atoms with E-state index in [0.29, 0.717) is 0 Å². The van der Waals surface area contributed by atoms with Gasteiger partial charge < -0.3 is 14.8 Å². The maximum atomic E-state index is 5.47. The monoisotopic (exact) mass is 345 g/mol. The van der Waals surface area contributed by atoms with Gasteiger partial charge in [-0.2, -0.15) is 0 Å². The molecule has 0 aliphatic carbocycles. The molecule has 0 aliphatic heterocycles. The van der Waals surface area contributed by atoms with Gasteiger partial charge in [0.2, 0.25) is 0 Å². The van der Waals surface area contributed by atoms with Crippen LogP contribution in [0.3, 0.4) is 0 Å². The van der Waals surface area contributed by atoms with Crippen LogP contribution >= 0.6 is 0 Å². The standard InChI is InChI=1S/C21H19N3O2/c1-25-17-7-5-6-15(12-17)23-16-10-11-19-18(13-16)22-14-24(19)20-8-3-4-9-21(20)26-2/h3-14,23H,1-2H3. The molecule has 5 nitrogen and oxygen atoms in total. The van der Waals surface area contributed by atoms with Crippen LogP contribution in [0.4, 0.5) is 11.4 Å². The van der Waals surface area contributed by atoms with E-state index in [2.05, 4.69) is 16.4 Å². The minimum Gasteiger partial charge on any atom is -0.497 e. The van der Waals surface area contributed by atoms with Gasteiger partial charge in [-0.1, -0.05) is 18.2 Å². The van der Waals surface area contributed by atoms with E-state index in [9.17, 15) is 0 Å². The Balaban J connectivity index is 1.69. The summed E-state index contributed by atoms with van der Waals surface area (Å²) in [4.78, 5) is 4.55. The van der Waals surface area contributed by atoms with Gasteiger partial charge in [-0.05, 0) is 42.5 Å². The predicted molar refractivity (Wildman–Crippen MR) is 104 cm³/mol. The van der Waals surface area contributed by atoms with Gasteiger partial charge in [-0.15, -0.1) is 0 Å². The summed E-state index contributed by atoms with van der Waals surface area (Å²) >= 11 is 0. The van der Waals surface area contributed by atoms with Crippen molar-refractivity contribution in [2.45, 2.75) is 0 Å². The van der Waals surface area contributed by atoms with Crippen molar-refractivity contribution in [1.82, 2.24) is 9.55 Å². The van der Waals surface area contributed by atoms with E-state index in [0.717, 1.165) is 39.6 Å². The highest BCUT2D eigenvalue weighted by Crippen LogP contribution is 2.28. The van der Waals surface area contributed by atoms with Crippen molar-refractivity contribution in [2.75, 3.05) is 19.5 Å². The van der Waals surface area contributed by atoms with Crippen LogP contribution in [0.2, 0.25) is 0 Å². The summed E-state index contributed by atoms with van der Waals surface area (Å²) in [6, 6.07) is 21.9. The van der Waals surface area contributed by atoms with E-state index >= 15 is 0 Å². The van der Waals surface area contributed by atoms with Crippen LogP contribution in [0.1, 0.15) is 0 Å². The maximum absolute atomic E-state index is 5.47. The molecule has 1 N–H and O–H groups in total. The van der Waals surface area contributed by atoms with E-state index in [1.807, 2.05) is 71.6 Å². The van der Waals surface area contributed by atoms with Crippen molar-refractivity contribution in [2.24, 2.45) is 0 Å². The Morgan fingerprint density at radius 3 is 2.54 bits per heavy atom. The first-order valence-electron chi connectivity index (χ1n) is 8.30. The summed E-state index contributed by atoms with van der Waals surface area (Å²) in [7, 11) is 3.34. The summed E-state index contributed by atoms with van der Waals surface area (Å²) in [5, 5.41) is 3.39. The molecule has 3 aromatic carbocycles. The normalized spacial score (nSPS) is 10.7. The lowest BCUT2D eigenvalue weighted by Crippen LogP contribution is -1.96. The molecule has 0 radical (unpaired) electrons. The molecule has 0 saturated carbocycles. The van der Waals surface area contributed by atoms with Gasteiger partial charge in [0.25, 0.3) is 0 Å². The summed E-state index contributed by atoms with van der Waals surface area (Å²) in [5.41, 5.74) is 4.82. The second kappa shape index (κ2) is 6.80. The number of nitrogens with zero attached hydrogens (tertiary/aromatic N) is 2. The summed E-state index contributed by atoms with van der Waals surface area (Å²) in [6.45, 7) is 0. The zero-order chi connectivity index (χ0) is 17.9. The second-order valence-electron chi connectivity index (χ2n) is 5.85. The largest absolute Gasteiger partial charge is 0.497 e. The van der Waals surface area contributed by atoms with Gasteiger partial charge >= 0.3 is 0 Å². The Bertz CT molecular complexity index is 1060. The zero-order valence-corrected chi connectivity index (χ0v) is 14.6. The summed E-state index contributed by atoms with van der Waals surface area (Å²) < 4.78 is 12.8. The molecule has 0 amide bonds. The third-order valence-corrected chi connectivity index (χ3v) is 4.25. The van der Waals surface area contributed by atoms with Gasteiger partial charge in [-0.3, -0.25) is 4.57 Å². The third-order valence-electron chi connectivity index (χ3n) is 4.25. The number of fused-ring (bicyclic) bond motifs is 1. The molecule has 130 valence electrons. The SMILES string of the molecule is COc1cccc(Nc2ccc3c(c2)ncn3-c2ccccc2OC)c1. The van der Waals surface area contributed by atoms with Gasteiger partial charge in [0.1, 0.15) is 17.8 Å². The van der Waals surface area contributed by atoms with E-state index in [1.54, 1.807) is 14.2 Å². The number of imidazole rings is 1. The molecule has 5 heteroatoms. The van der Waals surface area contributed by atoms with E-state index in [1.165, 1.54) is 0 Å². The maximum Gasteiger partial charge on any atom is 0.142 e. The van der Waals surface area contributed by atoms with Crippen molar-refractivity contribution < 1.29 is 9.47 Å². The van der Waals surface area contributed by atoms with E-state index < -0.39 is 0 Å². The van der Waals surface area contributed by atoms with E-state index in [-0.39, 0.29) is 0 Å². The van der Waals surface area contributed by atoms with Crippen LogP contribution in [-0.2, 0) is 0 Å². The number of anilines is 2. The smallest absolute Gasteiger partial charge is 0.142 e. The van der Waals surface area contributed by atoms with Crippen molar-refractivity contribution in [3.8, 4) is 17.2 Å². The summed E-state index contributed by atoms with van der Waals surface area (Å²) in [5.74, 6) is 1.63. The molecule has 0 saturated heterocycles. The number of methoxy groups -OCH3 is 2. The fourth-order valence-electron chi connectivity index (χ4n) is 2.98. The third kappa shape index (κ3) is 2.95. The molecular formula is C21H19N3O2. The number of rotatable bonds is 5. The summed E-state index contributed by atoms with van der Waals surface area (Å²) in [6.07, 6.45) is 1.82. The van der Waals surface area contributed by atoms with Crippen molar-refractivity contribution >= 4 is 22.4 Å². The fourth-order valence-corrected chi connectivity index (χ4v) is 2.98. The Labute approximate surface area is 151 Å². The second-order valence-corrected chi connectivity index (χ2v) is 5.85. The molecule has 1 aromatic heterocycles. The van der Waals surface area contributed by atoms with Crippen LogP contribution in [0.5, 0.6) is 11.5 Å². The molecule has 26 heavy (non-hydrogen) atoms. The highest BCUT2D eigenvalue weighted by molar-refractivity contribution is 5.83. The quantitative estimate of drug-likeness (QED) is 0.565. The molecule has 4 rings (SSSR count). The number of hydrogen-bond acceptors (Lipinski definition) is 4. The number of benzene rings is 3. The number of ether oxygens (including phenoxy) is 2. The molecular weight excluding hydrogens is 326 g/mol. The molecule has 0 spiro atoms. The van der Waals surface area contributed by atoms with Crippen LogP contribution < -0.4 is 14.8 Å². The van der Waals surface area contributed by atoms with Crippen LogP contribution in [0, 0.1) is 0 Å². The zero-order valence-electron chi connectivity index (χ0n) is 14.6. The molecule has 1 heterocycles. The lowest BCUT2D eigenvalue weighted by Gasteiger charge is -2.11. The Morgan fingerprint density at radius 1 is 0.846 bits per heavy atom. The molecule has 4 aromatic rings. The Kier molecular flexibility index (Phi) is 4.19. The van der Waals surface area contributed by atoms with Crippen LogP contribution in [0.15, 0.2) is 73.1 Å². The topological polar surface area (TPSA) is 48.3 Å². The fraction of sp³-hybridized carbons (Fsp3) is 0.0952. The number of nitrogens with one attached hydrogen (secondary N) is 1.